The summed E-state index contributed by atoms with van der Waals surface area (Å²) < 4.78 is 2.79. The molecule has 1 atom stereocenters. The van der Waals surface area contributed by atoms with Gasteiger partial charge in [-0.3, -0.25) is 9.67 Å². The van der Waals surface area contributed by atoms with Crippen molar-refractivity contribution >= 4 is 45.9 Å². The number of aliphatic imine (C=N–C) groups is 1. The highest BCUT2D eigenvalue weighted by Gasteiger charge is 2.26. The van der Waals surface area contributed by atoms with Gasteiger partial charge in [0, 0.05) is 50.3 Å². The monoisotopic (exact) mass is 453 g/mol. The summed E-state index contributed by atoms with van der Waals surface area (Å²) in [6.45, 7) is 6.53. The van der Waals surface area contributed by atoms with E-state index in [-0.39, 0.29) is 24.0 Å². The zero-order valence-corrected chi connectivity index (χ0v) is 15.8. The number of likely N-dealkylation sites (tertiary alicyclic amines) is 1. The lowest BCUT2D eigenvalue weighted by molar-refractivity contribution is 0.490. The summed E-state index contributed by atoms with van der Waals surface area (Å²) in [6, 6.07) is 0. The molecule has 7 heteroatoms. The minimum atomic E-state index is 0. The van der Waals surface area contributed by atoms with Crippen molar-refractivity contribution in [1.82, 2.24) is 20.0 Å². The van der Waals surface area contributed by atoms with Crippen LogP contribution >= 0.6 is 39.9 Å². The normalized spacial score (nSPS) is 18.9. The molecular weight excluding hydrogens is 433 g/mol. The highest BCUT2D eigenvalue weighted by molar-refractivity contribution is 14.0. The van der Waals surface area contributed by atoms with E-state index in [1.807, 2.05) is 25.0 Å². The molecule has 1 aliphatic heterocycles. The molecule has 0 aliphatic carbocycles. The summed E-state index contributed by atoms with van der Waals surface area (Å²) in [5, 5.41) is 7.54. The van der Waals surface area contributed by atoms with Crippen molar-refractivity contribution in [2.45, 2.75) is 12.3 Å². The van der Waals surface area contributed by atoms with E-state index in [4.69, 9.17) is 0 Å². The van der Waals surface area contributed by atoms with Gasteiger partial charge in [-0.15, -0.1) is 24.0 Å². The van der Waals surface area contributed by atoms with Gasteiger partial charge in [-0.25, -0.2) is 0 Å². The summed E-state index contributed by atoms with van der Waals surface area (Å²) in [4.78, 5) is 6.61. The Hall–Kier alpha value is -0.570. The Kier molecular flexibility index (Phi) is 7.01. The van der Waals surface area contributed by atoms with Crippen LogP contribution in [0.15, 0.2) is 28.4 Å². The van der Waals surface area contributed by atoms with Gasteiger partial charge in [0.25, 0.3) is 0 Å². The molecule has 2 rings (SSSR count). The molecule has 1 N–H and O–H groups in total. The van der Waals surface area contributed by atoms with Gasteiger partial charge in [-0.1, -0.05) is 22.5 Å². The van der Waals surface area contributed by atoms with E-state index in [0.717, 1.165) is 30.0 Å². The zero-order valence-electron chi connectivity index (χ0n) is 11.8. The Balaban J connectivity index is 0.00000200. The van der Waals surface area contributed by atoms with Crippen molar-refractivity contribution in [2.75, 3.05) is 26.7 Å². The number of nitrogens with zero attached hydrogens (tertiary/aromatic N) is 4. The highest BCUT2D eigenvalue weighted by Crippen LogP contribution is 2.26. The van der Waals surface area contributed by atoms with E-state index >= 15 is 0 Å². The van der Waals surface area contributed by atoms with Gasteiger partial charge in [-0.2, -0.15) is 5.10 Å². The molecule has 2 heterocycles. The second-order valence-electron chi connectivity index (χ2n) is 4.80. The van der Waals surface area contributed by atoms with Crippen LogP contribution in [0.2, 0.25) is 0 Å². The molecule has 1 saturated heterocycles. The molecule has 5 nitrogen and oxygen atoms in total. The third kappa shape index (κ3) is 4.47. The SMILES string of the molecule is C=C(Br)CNC(=NC)N1CCC(c2cnn(C)c2)C1.I. The Morgan fingerprint density at radius 1 is 1.65 bits per heavy atom. The van der Waals surface area contributed by atoms with E-state index in [2.05, 4.69) is 49.0 Å². The molecule has 0 bridgehead atoms. The molecule has 1 aliphatic rings. The molecule has 112 valence electrons. The first kappa shape index (κ1) is 17.5. The number of aryl methyl sites for hydroxylation is 1. The smallest absolute Gasteiger partial charge is 0.193 e. The average molecular weight is 454 g/mol. The lowest BCUT2D eigenvalue weighted by Crippen LogP contribution is -2.40. The number of halogens is 2. The fraction of sp³-hybridized carbons (Fsp3) is 0.538. The quantitative estimate of drug-likeness (QED) is 0.434. The Morgan fingerprint density at radius 2 is 2.40 bits per heavy atom. The number of hydrogen-bond donors (Lipinski definition) is 1. The van der Waals surface area contributed by atoms with Crippen molar-refractivity contribution in [3.05, 3.63) is 29.0 Å². The maximum Gasteiger partial charge on any atom is 0.193 e. The molecular formula is C13H21BrIN5. The van der Waals surface area contributed by atoms with Crippen LogP contribution < -0.4 is 5.32 Å². The summed E-state index contributed by atoms with van der Waals surface area (Å²) >= 11 is 3.35. The predicted octanol–water partition coefficient (Wildman–Crippen LogP) is 2.31. The molecule has 0 saturated carbocycles. The number of rotatable bonds is 3. The molecule has 1 unspecified atom stereocenters. The first-order valence-electron chi connectivity index (χ1n) is 6.37. The van der Waals surface area contributed by atoms with Crippen molar-refractivity contribution < 1.29 is 0 Å². The van der Waals surface area contributed by atoms with Crippen LogP contribution in [-0.4, -0.2) is 47.3 Å². The maximum atomic E-state index is 4.32. The molecule has 0 amide bonds. The van der Waals surface area contributed by atoms with Crippen molar-refractivity contribution in [1.29, 1.82) is 0 Å². The van der Waals surface area contributed by atoms with E-state index in [0.29, 0.717) is 12.5 Å². The van der Waals surface area contributed by atoms with Crippen LogP contribution in [0, 0.1) is 0 Å². The van der Waals surface area contributed by atoms with Crippen LogP contribution in [0.5, 0.6) is 0 Å². The van der Waals surface area contributed by atoms with Gasteiger partial charge in [0.15, 0.2) is 5.96 Å². The van der Waals surface area contributed by atoms with Gasteiger partial charge < -0.3 is 10.2 Å². The summed E-state index contributed by atoms with van der Waals surface area (Å²) in [5.41, 5.74) is 1.31. The van der Waals surface area contributed by atoms with Crippen molar-refractivity contribution in [2.24, 2.45) is 12.0 Å². The topological polar surface area (TPSA) is 45.5 Å². The molecule has 1 aromatic rings. The second kappa shape index (κ2) is 8.02. The number of guanidine groups is 1. The first-order valence-corrected chi connectivity index (χ1v) is 7.17. The van der Waals surface area contributed by atoms with Crippen LogP contribution in [-0.2, 0) is 7.05 Å². The molecule has 20 heavy (non-hydrogen) atoms. The maximum absolute atomic E-state index is 4.32. The third-order valence-electron chi connectivity index (χ3n) is 3.33. The average Bonchev–Trinajstić information content (AvgIpc) is 2.98. The molecule has 1 aromatic heterocycles. The van der Waals surface area contributed by atoms with Crippen LogP contribution in [0.3, 0.4) is 0 Å². The van der Waals surface area contributed by atoms with Gasteiger partial charge in [0.05, 0.1) is 6.20 Å². The minimum Gasteiger partial charge on any atom is -0.352 e. The summed E-state index contributed by atoms with van der Waals surface area (Å²) in [5.74, 6) is 1.48. The fourth-order valence-corrected chi connectivity index (χ4v) is 2.52. The van der Waals surface area contributed by atoms with Crippen molar-refractivity contribution in [3.8, 4) is 0 Å². The third-order valence-corrected chi connectivity index (χ3v) is 3.61. The van der Waals surface area contributed by atoms with E-state index in [1.54, 1.807) is 0 Å². The fourth-order valence-electron chi connectivity index (χ4n) is 2.38. The molecule has 0 radical (unpaired) electrons. The second-order valence-corrected chi connectivity index (χ2v) is 5.92. The van der Waals surface area contributed by atoms with Gasteiger partial charge in [-0.05, 0) is 12.0 Å². The zero-order chi connectivity index (χ0) is 13.8. The lowest BCUT2D eigenvalue weighted by atomic mass is 10.0. The number of aromatic nitrogens is 2. The minimum absolute atomic E-state index is 0. The predicted molar refractivity (Wildman–Crippen MR) is 97.0 cm³/mol. The van der Waals surface area contributed by atoms with Crippen LogP contribution in [0.4, 0.5) is 0 Å². The Bertz CT molecular complexity index is 485. The molecule has 0 aromatic carbocycles. The lowest BCUT2D eigenvalue weighted by Gasteiger charge is -2.21. The van der Waals surface area contributed by atoms with Crippen molar-refractivity contribution in [3.63, 3.8) is 0 Å². The van der Waals surface area contributed by atoms with Gasteiger partial charge in [0.2, 0.25) is 0 Å². The van der Waals surface area contributed by atoms with E-state index < -0.39 is 0 Å². The molecule has 1 fully saturated rings. The first-order chi connectivity index (χ1) is 9.10. The summed E-state index contributed by atoms with van der Waals surface area (Å²) in [6.07, 6.45) is 5.21. The highest BCUT2D eigenvalue weighted by atomic mass is 127. The van der Waals surface area contributed by atoms with Gasteiger partial charge in [0.1, 0.15) is 0 Å². The summed E-state index contributed by atoms with van der Waals surface area (Å²) in [7, 11) is 3.77. The number of nitrogens with one attached hydrogen (secondary N) is 1. The standard InChI is InChI=1S/C13H20BrN5.HI/c1-10(14)6-16-13(15-2)19-5-4-11(9-19)12-7-17-18(3)8-12;/h7-8,11H,1,4-6,9H2,2-3H3,(H,15,16);1H. The Labute approximate surface area is 145 Å². The van der Waals surface area contributed by atoms with E-state index in [1.165, 1.54) is 5.56 Å². The van der Waals surface area contributed by atoms with Gasteiger partial charge >= 0.3 is 0 Å². The van der Waals surface area contributed by atoms with Crippen LogP contribution in [0.1, 0.15) is 17.9 Å². The largest absolute Gasteiger partial charge is 0.352 e. The van der Waals surface area contributed by atoms with E-state index in [9.17, 15) is 0 Å². The van der Waals surface area contributed by atoms with Crippen LogP contribution in [0.25, 0.3) is 0 Å². The molecule has 0 spiro atoms. The Morgan fingerprint density at radius 3 is 2.95 bits per heavy atom. The number of hydrogen-bond acceptors (Lipinski definition) is 2.